The summed E-state index contributed by atoms with van der Waals surface area (Å²) in [7, 11) is 1.36. The average Bonchev–Trinajstić information content (AvgIpc) is 2.53. The number of carbonyl (C=O) groups excluding carboxylic acids is 1. The van der Waals surface area contributed by atoms with Gasteiger partial charge in [0, 0.05) is 17.9 Å². The Morgan fingerprint density at radius 3 is 2.71 bits per heavy atom. The number of esters is 1. The zero-order valence-corrected chi connectivity index (χ0v) is 11.7. The quantitative estimate of drug-likeness (QED) is 0.861. The van der Waals surface area contributed by atoms with Gasteiger partial charge in [-0.2, -0.15) is 0 Å². The molecule has 0 amide bonds. The van der Waals surface area contributed by atoms with E-state index in [1.54, 1.807) is 18.2 Å². The van der Waals surface area contributed by atoms with Crippen LogP contribution in [-0.4, -0.2) is 24.5 Å². The van der Waals surface area contributed by atoms with Crippen molar-refractivity contribution < 1.29 is 19.4 Å². The van der Waals surface area contributed by atoms with Gasteiger partial charge in [-0.1, -0.05) is 30.3 Å². The van der Waals surface area contributed by atoms with Crippen LogP contribution < -0.4 is 4.74 Å². The fourth-order valence-corrected chi connectivity index (χ4v) is 2.70. The SMILES string of the molecule is COC(=O)c1ccc2c(c1)[C@@H](c1ccccc1)C[C@@H](O)O2. The van der Waals surface area contributed by atoms with Crippen molar-refractivity contribution in [1.29, 1.82) is 0 Å². The van der Waals surface area contributed by atoms with Crippen LogP contribution in [0.15, 0.2) is 48.5 Å². The van der Waals surface area contributed by atoms with Gasteiger partial charge in [-0.15, -0.1) is 0 Å². The number of methoxy groups -OCH3 is 1. The fraction of sp³-hybridized carbons (Fsp3) is 0.235. The molecule has 2 atom stereocenters. The van der Waals surface area contributed by atoms with Crippen molar-refractivity contribution in [2.75, 3.05) is 7.11 Å². The van der Waals surface area contributed by atoms with Crippen LogP contribution in [-0.2, 0) is 4.74 Å². The van der Waals surface area contributed by atoms with E-state index in [1.165, 1.54) is 7.11 Å². The minimum atomic E-state index is -0.841. The molecule has 0 aromatic heterocycles. The van der Waals surface area contributed by atoms with E-state index in [9.17, 15) is 9.90 Å². The maximum atomic E-state index is 11.7. The van der Waals surface area contributed by atoms with Gasteiger partial charge in [-0.05, 0) is 23.8 Å². The number of ether oxygens (including phenoxy) is 2. The zero-order chi connectivity index (χ0) is 14.8. The van der Waals surface area contributed by atoms with Crippen LogP contribution >= 0.6 is 0 Å². The Bertz CT molecular complexity index is 651. The maximum absolute atomic E-state index is 11.7. The molecule has 0 unspecified atom stereocenters. The summed E-state index contributed by atoms with van der Waals surface area (Å²) in [5, 5.41) is 9.90. The molecule has 108 valence electrons. The lowest BCUT2D eigenvalue weighted by molar-refractivity contribution is -0.0359. The third-order valence-electron chi connectivity index (χ3n) is 3.71. The molecule has 1 aliphatic heterocycles. The topological polar surface area (TPSA) is 55.8 Å². The van der Waals surface area contributed by atoms with E-state index in [4.69, 9.17) is 9.47 Å². The van der Waals surface area contributed by atoms with E-state index in [2.05, 4.69) is 0 Å². The predicted molar refractivity (Wildman–Crippen MR) is 77.3 cm³/mol. The van der Waals surface area contributed by atoms with Gasteiger partial charge in [0.2, 0.25) is 0 Å². The molecule has 2 aromatic rings. The van der Waals surface area contributed by atoms with Crippen molar-refractivity contribution >= 4 is 5.97 Å². The highest BCUT2D eigenvalue weighted by Crippen LogP contribution is 2.40. The van der Waals surface area contributed by atoms with Crippen LogP contribution in [0.25, 0.3) is 0 Å². The summed E-state index contributed by atoms with van der Waals surface area (Å²) in [6.07, 6.45) is -0.381. The molecule has 4 nitrogen and oxygen atoms in total. The Labute approximate surface area is 122 Å². The normalized spacial score (nSPS) is 20.3. The van der Waals surface area contributed by atoms with Crippen molar-refractivity contribution in [2.24, 2.45) is 0 Å². The van der Waals surface area contributed by atoms with Crippen molar-refractivity contribution in [3.05, 3.63) is 65.2 Å². The molecule has 0 bridgehead atoms. The zero-order valence-electron chi connectivity index (χ0n) is 11.7. The largest absolute Gasteiger partial charge is 0.465 e. The van der Waals surface area contributed by atoms with Gasteiger partial charge in [0.25, 0.3) is 0 Å². The molecule has 3 rings (SSSR count). The lowest BCUT2D eigenvalue weighted by Crippen LogP contribution is -2.26. The van der Waals surface area contributed by atoms with Crippen LogP contribution in [0.4, 0.5) is 0 Å². The smallest absolute Gasteiger partial charge is 0.337 e. The first kappa shape index (κ1) is 13.6. The van der Waals surface area contributed by atoms with E-state index < -0.39 is 6.29 Å². The molecular formula is C17H16O4. The monoisotopic (exact) mass is 284 g/mol. The van der Waals surface area contributed by atoms with Crippen molar-refractivity contribution in [2.45, 2.75) is 18.6 Å². The van der Waals surface area contributed by atoms with Gasteiger partial charge >= 0.3 is 5.97 Å². The molecule has 21 heavy (non-hydrogen) atoms. The van der Waals surface area contributed by atoms with Crippen LogP contribution in [0, 0.1) is 0 Å². The van der Waals surface area contributed by atoms with Gasteiger partial charge < -0.3 is 14.6 Å². The van der Waals surface area contributed by atoms with Crippen molar-refractivity contribution in [3.63, 3.8) is 0 Å². The molecule has 0 spiro atoms. The summed E-state index contributed by atoms with van der Waals surface area (Å²) in [4.78, 5) is 11.7. The molecule has 1 aliphatic rings. The van der Waals surface area contributed by atoms with Crippen LogP contribution in [0.5, 0.6) is 5.75 Å². The van der Waals surface area contributed by atoms with Crippen molar-refractivity contribution in [1.82, 2.24) is 0 Å². The van der Waals surface area contributed by atoms with Gasteiger partial charge in [0.05, 0.1) is 12.7 Å². The first-order chi connectivity index (χ1) is 10.2. The number of aliphatic hydroxyl groups excluding tert-OH is 1. The average molecular weight is 284 g/mol. The number of rotatable bonds is 2. The summed E-state index contributed by atoms with van der Waals surface area (Å²) < 4.78 is 10.2. The first-order valence-electron chi connectivity index (χ1n) is 6.81. The number of hydrogen-bond acceptors (Lipinski definition) is 4. The summed E-state index contributed by atoms with van der Waals surface area (Å²) in [5.74, 6) is 0.223. The highest BCUT2D eigenvalue weighted by molar-refractivity contribution is 5.89. The van der Waals surface area contributed by atoms with Crippen LogP contribution in [0.2, 0.25) is 0 Å². The molecule has 0 aliphatic carbocycles. The van der Waals surface area contributed by atoms with E-state index in [-0.39, 0.29) is 11.9 Å². The number of fused-ring (bicyclic) bond motifs is 1. The Kier molecular flexibility index (Phi) is 3.62. The van der Waals surface area contributed by atoms with Crippen LogP contribution in [0.3, 0.4) is 0 Å². The Morgan fingerprint density at radius 2 is 2.00 bits per heavy atom. The minimum absolute atomic E-state index is 0.00504. The first-order valence-corrected chi connectivity index (χ1v) is 6.81. The molecule has 4 heteroatoms. The van der Waals surface area contributed by atoms with Crippen molar-refractivity contribution in [3.8, 4) is 5.75 Å². The molecular weight excluding hydrogens is 268 g/mol. The second kappa shape index (κ2) is 5.58. The Hall–Kier alpha value is -2.33. The number of carbonyl (C=O) groups is 1. The molecule has 1 N–H and O–H groups in total. The third-order valence-corrected chi connectivity index (χ3v) is 3.71. The predicted octanol–water partition coefficient (Wildman–Crippen LogP) is 2.71. The number of aliphatic hydroxyl groups is 1. The standard InChI is InChI=1S/C17H16O4/c1-20-17(19)12-7-8-15-14(9-12)13(10-16(18)21-15)11-5-3-2-4-6-11/h2-9,13,16,18H,10H2,1H3/t13-,16+/m1/s1. The highest BCUT2D eigenvalue weighted by atomic mass is 16.6. The lowest BCUT2D eigenvalue weighted by atomic mass is 9.85. The molecule has 0 saturated carbocycles. The molecule has 0 fully saturated rings. The maximum Gasteiger partial charge on any atom is 0.337 e. The van der Waals surface area contributed by atoms with Gasteiger partial charge in [0.15, 0.2) is 6.29 Å². The molecule has 0 saturated heterocycles. The van der Waals surface area contributed by atoms with Gasteiger partial charge in [-0.3, -0.25) is 0 Å². The summed E-state index contributed by atoms with van der Waals surface area (Å²) >= 11 is 0. The number of hydrogen-bond donors (Lipinski definition) is 1. The van der Waals surface area contributed by atoms with E-state index >= 15 is 0 Å². The second-order valence-electron chi connectivity index (χ2n) is 5.02. The second-order valence-corrected chi connectivity index (χ2v) is 5.02. The Balaban J connectivity index is 2.07. The molecule has 1 heterocycles. The highest BCUT2D eigenvalue weighted by Gasteiger charge is 2.29. The third kappa shape index (κ3) is 2.62. The minimum Gasteiger partial charge on any atom is -0.465 e. The lowest BCUT2D eigenvalue weighted by Gasteiger charge is -2.30. The van der Waals surface area contributed by atoms with E-state index in [1.807, 2.05) is 30.3 Å². The summed E-state index contributed by atoms with van der Waals surface area (Å²) in [6.45, 7) is 0. The van der Waals surface area contributed by atoms with Gasteiger partial charge in [-0.25, -0.2) is 4.79 Å². The molecule has 0 radical (unpaired) electrons. The van der Waals surface area contributed by atoms with Gasteiger partial charge in [0.1, 0.15) is 5.75 Å². The summed E-state index contributed by atoms with van der Waals surface area (Å²) in [6, 6.07) is 15.0. The fourth-order valence-electron chi connectivity index (χ4n) is 2.70. The molecule has 2 aromatic carbocycles. The van der Waals surface area contributed by atoms with E-state index in [0.29, 0.717) is 17.7 Å². The Morgan fingerprint density at radius 1 is 1.24 bits per heavy atom. The van der Waals surface area contributed by atoms with Crippen LogP contribution in [0.1, 0.15) is 33.8 Å². The summed E-state index contributed by atoms with van der Waals surface area (Å²) in [5.41, 5.74) is 2.47. The number of benzene rings is 2. The van der Waals surface area contributed by atoms with E-state index in [0.717, 1.165) is 11.1 Å².